The average Bonchev–Trinajstić information content (AvgIpc) is 2.98. The number of carbonyl (C=O) groups is 2. The van der Waals surface area contributed by atoms with Crippen LogP contribution in [-0.2, 0) is 22.6 Å². The van der Waals surface area contributed by atoms with E-state index in [0.29, 0.717) is 31.3 Å². The first-order valence-electron chi connectivity index (χ1n) is 15.4. The zero-order valence-corrected chi connectivity index (χ0v) is 23.6. The second-order valence-corrected chi connectivity index (χ2v) is 12.2. The van der Waals surface area contributed by atoms with Crippen LogP contribution >= 0.6 is 0 Å². The summed E-state index contributed by atoms with van der Waals surface area (Å²) in [7, 11) is 0. The molecule has 1 aromatic carbocycles. The number of hydrogen-bond acceptors (Lipinski definition) is 4. The fraction of sp³-hybridized carbons (Fsp3) is 0.710. The van der Waals surface area contributed by atoms with Gasteiger partial charge in [0.15, 0.2) is 5.96 Å². The van der Waals surface area contributed by atoms with Crippen molar-refractivity contribution in [3.8, 4) is 0 Å². The van der Waals surface area contributed by atoms with E-state index in [1.807, 2.05) is 4.90 Å². The van der Waals surface area contributed by atoms with Gasteiger partial charge in [-0.3, -0.25) is 15.0 Å². The topological polar surface area (TPSA) is 137 Å². The Kier molecular flexibility index (Phi) is 11.1. The normalized spacial score (nSPS) is 21.2. The lowest BCUT2D eigenvalue weighted by molar-refractivity contribution is -0.134. The number of nitrogens with zero attached hydrogens (tertiary/aromatic N) is 1. The lowest BCUT2D eigenvalue weighted by Crippen LogP contribution is -2.54. The van der Waals surface area contributed by atoms with Gasteiger partial charge in [0.05, 0.1) is 0 Å². The summed E-state index contributed by atoms with van der Waals surface area (Å²) in [6, 6.07) is 7.86. The van der Waals surface area contributed by atoms with Gasteiger partial charge in [-0.1, -0.05) is 62.8 Å². The number of carbonyl (C=O) groups excluding carboxylic acids is 2. The Morgan fingerprint density at radius 2 is 1.41 bits per heavy atom. The summed E-state index contributed by atoms with van der Waals surface area (Å²) >= 11 is 0. The Labute approximate surface area is 234 Å². The van der Waals surface area contributed by atoms with Crippen molar-refractivity contribution in [1.29, 1.82) is 5.41 Å². The van der Waals surface area contributed by atoms with Crippen molar-refractivity contribution in [2.45, 2.75) is 96.1 Å². The molecule has 39 heavy (non-hydrogen) atoms. The van der Waals surface area contributed by atoms with Gasteiger partial charge in [0.1, 0.15) is 6.04 Å². The van der Waals surface area contributed by atoms with Crippen LogP contribution in [0.5, 0.6) is 0 Å². The number of amides is 2. The van der Waals surface area contributed by atoms with E-state index >= 15 is 0 Å². The molecule has 2 saturated carbocycles. The molecule has 3 aliphatic rings. The summed E-state index contributed by atoms with van der Waals surface area (Å²) in [6.07, 6.45) is 13.7. The van der Waals surface area contributed by atoms with Gasteiger partial charge in [-0.25, -0.2) is 0 Å². The molecule has 2 atom stereocenters. The molecule has 0 spiro atoms. The molecule has 8 heteroatoms. The van der Waals surface area contributed by atoms with E-state index in [1.165, 1.54) is 25.7 Å². The maximum absolute atomic E-state index is 14.0. The number of rotatable bonds is 10. The van der Waals surface area contributed by atoms with Crippen molar-refractivity contribution in [1.82, 2.24) is 15.5 Å². The van der Waals surface area contributed by atoms with Crippen LogP contribution < -0.4 is 22.1 Å². The first-order chi connectivity index (χ1) is 18.9. The van der Waals surface area contributed by atoms with Crippen molar-refractivity contribution in [3.63, 3.8) is 0 Å². The van der Waals surface area contributed by atoms with Crippen LogP contribution in [0.15, 0.2) is 24.3 Å². The highest BCUT2D eigenvalue weighted by Crippen LogP contribution is 2.33. The van der Waals surface area contributed by atoms with Crippen molar-refractivity contribution in [2.24, 2.45) is 35.1 Å². The number of piperidine rings is 1. The molecule has 3 fully saturated rings. The highest BCUT2D eigenvalue weighted by Gasteiger charge is 2.36. The van der Waals surface area contributed by atoms with Crippen LogP contribution in [0, 0.1) is 29.1 Å². The Hall–Kier alpha value is -2.61. The minimum absolute atomic E-state index is 0.0288. The highest BCUT2D eigenvalue weighted by molar-refractivity contribution is 5.89. The molecule has 2 aliphatic carbocycles. The van der Waals surface area contributed by atoms with Crippen molar-refractivity contribution >= 4 is 17.8 Å². The van der Waals surface area contributed by atoms with Crippen LogP contribution in [0.1, 0.15) is 88.2 Å². The third kappa shape index (κ3) is 8.44. The largest absolute Gasteiger partial charge is 0.370 e. The molecule has 1 unspecified atom stereocenters. The van der Waals surface area contributed by atoms with E-state index in [9.17, 15) is 9.59 Å². The molecule has 1 aliphatic heterocycles. The number of guanidine groups is 1. The van der Waals surface area contributed by atoms with E-state index in [2.05, 4.69) is 34.9 Å². The van der Waals surface area contributed by atoms with Crippen LogP contribution in [-0.4, -0.2) is 48.3 Å². The summed E-state index contributed by atoms with van der Waals surface area (Å²) in [5.41, 5.74) is 13.7. The Morgan fingerprint density at radius 3 is 1.97 bits per heavy atom. The minimum atomic E-state index is -0.471. The number of hydrogen-bond donors (Lipinski definition) is 5. The lowest BCUT2D eigenvalue weighted by atomic mass is 9.76. The predicted molar refractivity (Wildman–Crippen MR) is 156 cm³/mol. The fourth-order valence-corrected chi connectivity index (χ4v) is 6.93. The van der Waals surface area contributed by atoms with E-state index in [0.717, 1.165) is 75.6 Å². The van der Waals surface area contributed by atoms with Gasteiger partial charge in [0.2, 0.25) is 11.8 Å². The van der Waals surface area contributed by atoms with Crippen LogP contribution in [0.25, 0.3) is 0 Å². The molecule has 0 aromatic heterocycles. The minimum Gasteiger partial charge on any atom is -0.370 e. The first-order valence-corrected chi connectivity index (χ1v) is 15.4. The number of nitrogens with two attached hydrogens (primary N) is 2. The second kappa shape index (κ2) is 14.7. The zero-order valence-electron chi connectivity index (χ0n) is 23.6. The smallest absolute Gasteiger partial charge is 0.242 e. The standard InChI is InChI=1S/C31H50N6O2/c32-20-23-13-11-22(12-14-23)19-27(25-7-3-1-4-8-25)29(38)36-28(26-9-5-2-6-10-26)30(39)35-21-24-15-17-37(18-16-24)31(33)34/h11-14,24-28H,1-10,15-21,32H2,(H3,33,34)(H,35,39)(H,36,38)/t27?,28-/m0/s1. The Balaban J connectivity index is 1.43. The molecule has 8 nitrogen and oxygen atoms in total. The number of nitrogens with one attached hydrogen (secondary N) is 3. The average molecular weight is 539 g/mol. The quantitative estimate of drug-likeness (QED) is 0.229. The molecular weight excluding hydrogens is 488 g/mol. The maximum atomic E-state index is 14.0. The van der Waals surface area contributed by atoms with Crippen LogP contribution in [0.2, 0.25) is 0 Å². The molecule has 7 N–H and O–H groups in total. The molecule has 1 aromatic rings. The van der Waals surface area contributed by atoms with E-state index < -0.39 is 6.04 Å². The number of likely N-dealkylation sites (tertiary alicyclic amines) is 1. The Morgan fingerprint density at radius 1 is 0.846 bits per heavy atom. The molecule has 1 heterocycles. The SMILES string of the molecule is N=C(N)N1CCC(CNC(=O)[C@@H](NC(=O)C(Cc2ccc(CN)cc2)C2CCCCC2)C2CCCCC2)CC1. The Bertz CT molecular complexity index is 931. The fourth-order valence-electron chi connectivity index (χ4n) is 6.93. The van der Waals surface area contributed by atoms with Gasteiger partial charge in [0.25, 0.3) is 0 Å². The van der Waals surface area contributed by atoms with Crippen molar-refractivity contribution in [3.05, 3.63) is 35.4 Å². The summed E-state index contributed by atoms with van der Waals surface area (Å²) < 4.78 is 0. The zero-order chi connectivity index (χ0) is 27.6. The summed E-state index contributed by atoms with van der Waals surface area (Å²) in [4.78, 5) is 29.5. The number of benzene rings is 1. The molecule has 0 bridgehead atoms. The summed E-state index contributed by atoms with van der Waals surface area (Å²) in [5.74, 6) is 0.944. The van der Waals surface area contributed by atoms with Gasteiger partial charge in [-0.15, -0.1) is 0 Å². The molecule has 216 valence electrons. The van der Waals surface area contributed by atoms with Crippen LogP contribution in [0.4, 0.5) is 0 Å². The van der Waals surface area contributed by atoms with Gasteiger partial charge < -0.3 is 27.0 Å². The second-order valence-electron chi connectivity index (χ2n) is 12.2. The van der Waals surface area contributed by atoms with Gasteiger partial charge in [0, 0.05) is 32.1 Å². The summed E-state index contributed by atoms with van der Waals surface area (Å²) in [6.45, 7) is 2.64. The molecule has 1 saturated heterocycles. The summed E-state index contributed by atoms with van der Waals surface area (Å²) in [5, 5.41) is 14.2. The van der Waals surface area contributed by atoms with E-state index in [4.69, 9.17) is 16.9 Å². The van der Waals surface area contributed by atoms with Gasteiger partial charge >= 0.3 is 0 Å². The highest BCUT2D eigenvalue weighted by atomic mass is 16.2. The van der Waals surface area contributed by atoms with E-state index in [1.54, 1.807) is 0 Å². The first kappa shape index (κ1) is 29.4. The van der Waals surface area contributed by atoms with Gasteiger partial charge in [-0.2, -0.15) is 0 Å². The molecule has 0 radical (unpaired) electrons. The van der Waals surface area contributed by atoms with Crippen molar-refractivity contribution in [2.75, 3.05) is 19.6 Å². The van der Waals surface area contributed by atoms with Crippen molar-refractivity contribution < 1.29 is 9.59 Å². The third-order valence-corrected chi connectivity index (χ3v) is 9.49. The van der Waals surface area contributed by atoms with Gasteiger partial charge in [-0.05, 0) is 73.8 Å². The molecular formula is C31H50N6O2. The van der Waals surface area contributed by atoms with Crippen LogP contribution in [0.3, 0.4) is 0 Å². The third-order valence-electron chi connectivity index (χ3n) is 9.49. The predicted octanol–water partition coefficient (Wildman–Crippen LogP) is 3.67. The maximum Gasteiger partial charge on any atom is 0.242 e. The molecule has 4 rings (SSSR count). The lowest BCUT2D eigenvalue weighted by Gasteiger charge is -2.35. The monoisotopic (exact) mass is 538 g/mol. The molecule has 2 amide bonds. The van der Waals surface area contributed by atoms with E-state index in [-0.39, 0.29) is 29.6 Å².